The van der Waals surface area contributed by atoms with E-state index < -0.39 is 0 Å². The van der Waals surface area contributed by atoms with Gasteiger partial charge in [-0.25, -0.2) is 4.68 Å². The number of anilines is 3. The number of aldehydes is 1. The third kappa shape index (κ3) is 4.36. The van der Waals surface area contributed by atoms with E-state index in [-0.39, 0.29) is 5.41 Å². The first-order valence-corrected chi connectivity index (χ1v) is 12.2. The van der Waals surface area contributed by atoms with Crippen LogP contribution < -0.4 is 15.1 Å². The molecule has 1 saturated carbocycles. The van der Waals surface area contributed by atoms with Crippen molar-refractivity contribution in [2.24, 2.45) is 0 Å². The quantitative estimate of drug-likeness (QED) is 0.380. The highest BCUT2D eigenvalue weighted by atomic mass is 16.1. The Balaban J connectivity index is 1.64. The average molecular weight is 468 g/mol. The normalized spacial score (nSPS) is 16.2. The van der Waals surface area contributed by atoms with Crippen molar-refractivity contribution in [3.8, 4) is 0 Å². The van der Waals surface area contributed by atoms with Crippen LogP contribution in [0.3, 0.4) is 0 Å². The molecule has 35 heavy (non-hydrogen) atoms. The van der Waals surface area contributed by atoms with E-state index in [1.165, 1.54) is 41.4 Å². The minimum Gasteiger partial charge on any atom is -0.378 e. The number of hydrogen-bond donors (Lipinski definition) is 1. The molecule has 0 radical (unpaired) electrons. The Morgan fingerprint density at radius 2 is 1.51 bits per heavy atom. The zero-order valence-electron chi connectivity index (χ0n) is 20.9. The van der Waals surface area contributed by atoms with E-state index >= 15 is 0 Å². The average Bonchev–Trinajstić information content (AvgIpc) is 3.63. The standard InChI is InChI=1S/C29H33N5O/c1-32(2)24-12-6-21(7-13-24)29(22-8-14-25(15-9-22)33(3)4)17-16-26-27(20-29)34(18-5-19-35)31-28(26)30-23-10-11-23/h5-9,12-19,23H,10-11,20H2,1-4H3,(H,30,31). The number of carbonyl (C=O) groups excluding carboxylic acids is 1. The van der Waals surface area contributed by atoms with Crippen LogP contribution in [-0.4, -0.2) is 50.3 Å². The van der Waals surface area contributed by atoms with Gasteiger partial charge in [-0.2, -0.15) is 5.10 Å². The summed E-state index contributed by atoms with van der Waals surface area (Å²) in [5.41, 5.74) is 6.65. The minimum atomic E-state index is -0.355. The van der Waals surface area contributed by atoms with Crippen LogP contribution in [0.25, 0.3) is 12.3 Å². The third-order valence-corrected chi connectivity index (χ3v) is 7.05. The van der Waals surface area contributed by atoms with Gasteiger partial charge in [0.25, 0.3) is 0 Å². The summed E-state index contributed by atoms with van der Waals surface area (Å²) in [5.74, 6) is 0.897. The molecule has 0 aliphatic heterocycles. The monoisotopic (exact) mass is 467 g/mol. The molecular formula is C29H33N5O. The smallest absolute Gasteiger partial charge is 0.156 e. The van der Waals surface area contributed by atoms with E-state index in [0.717, 1.165) is 29.8 Å². The summed E-state index contributed by atoms with van der Waals surface area (Å²) in [4.78, 5) is 15.4. The topological polar surface area (TPSA) is 53.4 Å². The lowest BCUT2D eigenvalue weighted by Crippen LogP contribution is -2.31. The van der Waals surface area contributed by atoms with E-state index in [1.54, 1.807) is 6.20 Å². The van der Waals surface area contributed by atoms with Gasteiger partial charge in [-0.05, 0) is 54.3 Å². The molecular weight excluding hydrogens is 434 g/mol. The Kier molecular flexibility index (Phi) is 5.97. The van der Waals surface area contributed by atoms with Crippen molar-refractivity contribution in [2.75, 3.05) is 43.3 Å². The molecule has 0 amide bonds. The summed E-state index contributed by atoms with van der Waals surface area (Å²) in [5, 5.41) is 8.40. The molecule has 0 saturated heterocycles. The molecule has 5 rings (SSSR count). The molecule has 3 aromatic rings. The Bertz CT molecular complexity index is 1210. The number of fused-ring (bicyclic) bond motifs is 1. The molecule has 2 aromatic carbocycles. The minimum absolute atomic E-state index is 0.355. The van der Waals surface area contributed by atoms with Crippen molar-refractivity contribution in [3.63, 3.8) is 0 Å². The van der Waals surface area contributed by atoms with Gasteiger partial charge in [0.1, 0.15) is 6.29 Å². The molecule has 2 aliphatic rings. The number of carbonyl (C=O) groups is 1. The van der Waals surface area contributed by atoms with Crippen LogP contribution in [0.2, 0.25) is 0 Å². The van der Waals surface area contributed by atoms with E-state index in [0.29, 0.717) is 6.04 Å². The van der Waals surface area contributed by atoms with Crippen molar-refractivity contribution in [1.82, 2.24) is 9.78 Å². The molecule has 180 valence electrons. The van der Waals surface area contributed by atoms with Gasteiger partial charge in [-0.3, -0.25) is 4.79 Å². The van der Waals surface area contributed by atoms with Crippen LogP contribution in [0.15, 0.2) is 60.7 Å². The highest BCUT2D eigenvalue weighted by Gasteiger charge is 2.38. The molecule has 1 N–H and O–H groups in total. The second-order valence-electron chi connectivity index (χ2n) is 9.91. The Labute approximate surface area is 207 Å². The fourth-order valence-electron chi connectivity index (χ4n) is 4.83. The van der Waals surface area contributed by atoms with Crippen LogP contribution in [-0.2, 0) is 16.6 Å². The molecule has 0 bridgehead atoms. The first-order chi connectivity index (χ1) is 16.9. The molecule has 2 aliphatic carbocycles. The zero-order valence-corrected chi connectivity index (χ0v) is 20.9. The predicted molar refractivity (Wildman–Crippen MR) is 145 cm³/mol. The van der Waals surface area contributed by atoms with Gasteiger partial charge in [0.05, 0.1) is 5.69 Å². The fraction of sp³-hybridized carbons (Fsp3) is 0.310. The summed E-state index contributed by atoms with van der Waals surface area (Å²) in [7, 11) is 8.24. The van der Waals surface area contributed by atoms with E-state index in [2.05, 4.69) is 104 Å². The maximum Gasteiger partial charge on any atom is 0.156 e. The summed E-state index contributed by atoms with van der Waals surface area (Å²) in [6.07, 6.45) is 11.7. The van der Waals surface area contributed by atoms with Crippen molar-refractivity contribution in [1.29, 1.82) is 0 Å². The maximum absolute atomic E-state index is 11.1. The Hall–Kier alpha value is -3.80. The zero-order chi connectivity index (χ0) is 24.6. The van der Waals surface area contributed by atoms with Crippen molar-refractivity contribution < 1.29 is 4.79 Å². The number of allylic oxidation sites excluding steroid dienone is 2. The Morgan fingerprint density at radius 1 is 0.943 bits per heavy atom. The van der Waals surface area contributed by atoms with E-state index in [1.807, 2.05) is 4.68 Å². The molecule has 6 nitrogen and oxygen atoms in total. The van der Waals surface area contributed by atoms with Gasteiger partial charge >= 0.3 is 0 Å². The number of rotatable bonds is 8. The molecule has 0 atom stereocenters. The first kappa shape index (κ1) is 23.0. The van der Waals surface area contributed by atoms with Crippen LogP contribution in [0.5, 0.6) is 0 Å². The predicted octanol–water partition coefficient (Wildman–Crippen LogP) is 4.81. The van der Waals surface area contributed by atoms with Gasteiger partial charge in [0, 0.05) is 69.2 Å². The highest BCUT2D eigenvalue weighted by molar-refractivity contribution is 5.75. The molecule has 0 spiro atoms. The largest absolute Gasteiger partial charge is 0.378 e. The fourth-order valence-corrected chi connectivity index (χ4v) is 4.83. The van der Waals surface area contributed by atoms with Gasteiger partial charge in [-0.1, -0.05) is 36.4 Å². The highest BCUT2D eigenvalue weighted by Crippen LogP contribution is 2.44. The van der Waals surface area contributed by atoms with Crippen LogP contribution in [0, 0.1) is 0 Å². The summed E-state index contributed by atoms with van der Waals surface area (Å²) in [6.45, 7) is 0. The van der Waals surface area contributed by atoms with E-state index in [4.69, 9.17) is 5.10 Å². The van der Waals surface area contributed by atoms with Gasteiger partial charge in [-0.15, -0.1) is 0 Å². The number of nitrogens with zero attached hydrogens (tertiary/aromatic N) is 4. The van der Waals surface area contributed by atoms with E-state index in [9.17, 15) is 4.79 Å². The molecule has 1 aromatic heterocycles. The molecule has 6 heteroatoms. The lowest BCUT2D eigenvalue weighted by Gasteiger charge is -2.35. The number of benzene rings is 2. The SMILES string of the molecule is CN(C)c1ccc(C2(c3ccc(N(C)C)cc3)C=Cc3c(NC4CC4)nn(C=CC=O)c3C2)cc1. The number of nitrogens with one attached hydrogen (secondary N) is 1. The lowest BCUT2D eigenvalue weighted by atomic mass is 9.68. The lowest BCUT2D eigenvalue weighted by molar-refractivity contribution is -0.104. The van der Waals surface area contributed by atoms with Crippen LogP contribution in [0.4, 0.5) is 17.2 Å². The van der Waals surface area contributed by atoms with Crippen LogP contribution in [0.1, 0.15) is 35.2 Å². The third-order valence-electron chi connectivity index (χ3n) is 7.05. The second kappa shape index (κ2) is 9.10. The molecule has 1 fully saturated rings. The molecule has 1 heterocycles. The summed E-state index contributed by atoms with van der Waals surface area (Å²) in [6, 6.07) is 18.1. The summed E-state index contributed by atoms with van der Waals surface area (Å²) >= 11 is 0. The first-order valence-electron chi connectivity index (χ1n) is 12.2. The molecule has 0 unspecified atom stereocenters. The van der Waals surface area contributed by atoms with Gasteiger partial charge in [0.2, 0.25) is 0 Å². The summed E-state index contributed by atoms with van der Waals surface area (Å²) < 4.78 is 1.87. The number of hydrogen-bond acceptors (Lipinski definition) is 5. The van der Waals surface area contributed by atoms with Crippen molar-refractivity contribution in [3.05, 3.63) is 83.1 Å². The van der Waals surface area contributed by atoms with Crippen LogP contribution >= 0.6 is 0 Å². The van der Waals surface area contributed by atoms with Crippen molar-refractivity contribution in [2.45, 2.75) is 30.7 Å². The Morgan fingerprint density at radius 3 is 2.00 bits per heavy atom. The number of aromatic nitrogens is 2. The van der Waals surface area contributed by atoms with Gasteiger partial charge in [0.15, 0.2) is 5.82 Å². The maximum atomic E-state index is 11.1. The van der Waals surface area contributed by atoms with Gasteiger partial charge < -0.3 is 15.1 Å². The second-order valence-corrected chi connectivity index (χ2v) is 9.91. The van der Waals surface area contributed by atoms with Crippen molar-refractivity contribution >= 4 is 35.8 Å².